The molecular weight excluding hydrogens is 791 g/mol. The van der Waals surface area contributed by atoms with E-state index in [2.05, 4.69) is 14.8 Å². The molecule has 10 atom stereocenters. The maximum absolute atomic E-state index is 15.4. The summed E-state index contributed by atoms with van der Waals surface area (Å²) in [4.78, 5) is 52.6. The standard InChI is InChI=1S/C46H56F2N4O9/c1-9-43-13-10-15-52-16-14-44(37(43)52)31-19-32(35(58-6)20-34(31)50(4)38(44)46(56,41(55)60-8)39(43)61-25(2)53)45(40(54)59-7)21-26-17-27(42(3,47)48)23-51(22-26)24-30-29-18-28(57-5)11-12-33(29)49-36(30)45/h10-13,18-20,26-27,37-39,49,56H,9,14-17,21-24H2,1-8H3/t26-,27?,37+,38-,39-,43-,44-,45+,46+/m1/s1. The van der Waals surface area contributed by atoms with Crippen molar-refractivity contribution in [2.75, 3.05) is 66.6 Å². The van der Waals surface area contributed by atoms with Gasteiger partial charge in [-0.2, -0.15) is 0 Å². The lowest BCUT2D eigenvalue weighted by molar-refractivity contribution is -0.228. The number of nitrogens with zero attached hydrogens (tertiary/aromatic N) is 3. The molecule has 2 saturated heterocycles. The molecule has 0 radical (unpaired) electrons. The lowest BCUT2D eigenvalue weighted by Gasteiger charge is -2.63. The number of esters is 3. The first kappa shape index (κ1) is 41.6. The molecule has 0 amide bonds. The van der Waals surface area contributed by atoms with Crippen LogP contribution in [0.4, 0.5) is 14.5 Å². The van der Waals surface area contributed by atoms with Crippen molar-refractivity contribution in [1.82, 2.24) is 14.8 Å². The normalized spacial score (nSPS) is 35.0. The van der Waals surface area contributed by atoms with E-state index in [0.717, 1.165) is 29.0 Å². The van der Waals surface area contributed by atoms with Crippen LogP contribution < -0.4 is 14.4 Å². The van der Waals surface area contributed by atoms with E-state index >= 15 is 13.6 Å². The largest absolute Gasteiger partial charge is 0.497 e. The van der Waals surface area contributed by atoms with Crippen LogP contribution in [0.15, 0.2) is 42.5 Å². The van der Waals surface area contributed by atoms with E-state index in [4.69, 9.17) is 23.7 Å². The molecule has 1 saturated carbocycles. The predicted molar refractivity (Wildman–Crippen MR) is 221 cm³/mol. The van der Waals surface area contributed by atoms with Crippen LogP contribution in [-0.2, 0) is 46.0 Å². The van der Waals surface area contributed by atoms with Crippen molar-refractivity contribution in [2.45, 2.75) is 93.5 Å². The van der Waals surface area contributed by atoms with Crippen molar-refractivity contribution in [1.29, 1.82) is 0 Å². The number of aromatic nitrogens is 1. The minimum Gasteiger partial charge on any atom is -0.497 e. The van der Waals surface area contributed by atoms with Crippen molar-refractivity contribution < 1.29 is 52.0 Å². The predicted octanol–water partition coefficient (Wildman–Crippen LogP) is 5.09. The lowest BCUT2D eigenvalue weighted by atomic mass is 9.47. The van der Waals surface area contributed by atoms with Gasteiger partial charge >= 0.3 is 17.9 Å². The van der Waals surface area contributed by atoms with E-state index in [9.17, 15) is 14.7 Å². The third kappa shape index (κ3) is 5.47. The van der Waals surface area contributed by atoms with Crippen LogP contribution in [0, 0.1) is 17.3 Å². The van der Waals surface area contributed by atoms with Gasteiger partial charge in [0.1, 0.15) is 16.9 Å². The summed E-state index contributed by atoms with van der Waals surface area (Å²) in [7, 11) is 7.49. The van der Waals surface area contributed by atoms with Gasteiger partial charge in [-0.05, 0) is 80.5 Å². The number of likely N-dealkylation sites (N-methyl/N-ethyl adjacent to an activating group) is 1. The van der Waals surface area contributed by atoms with Gasteiger partial charge in [-0.25, -0.2) is 13.6 Å². The summed E-state index contributed by atoms with van der Waals surface area (Å²) < 4.78 is 60.2. The average Bonchev–Trinajstić information content (AvgIpc) is 3.89. The fourth-order valence-electron chi connectivity index (χ4n) is 13.4. The Kier molecular flexibility index (Phi) is 9.65. The molecule has 3 aromatic rings. The maximum atomic E-state index is 15.4. The van der Waals surface area contributed by atoms with Crippen LogP contribution in [0.2, 0.25) is 0 Å². The van der Waals surface area contributed by atoms with Gasteiger partial charge in [0.05, 0.1) is 34.5 Å². The summed E-state index contributed by atoms with van der Waals surface area (Å²) >= 11 is 0. The van der Waals surface area contributed by atoms with E-state index in [0.29, 0.717) is 67.5 Å². The lowest BCUT2D eigenvalue weighted by Crippen LogP contribution is -2.81. The third-order valence-corrected chi connectivity index (χ3v) is 15.6. The number of ether oxygens (including phenoxy) is 5. The fraction of sp³-hybridized carbons (Fsp3) is 0.587. The quantitative estimate of drug-likeness (QED) is 0.177. The van der Waals surface area contributed by atoms with Gasteiger partial charge in [0.2, 0.25) is 11.5 Å². The van der Waals surface area contributed by atoms with Crippen LogP contribution in [0.25, 0.3) is 10.9 Å². The highest BCUT2D eigenvalue weighted by Crippen LogP contribution is 2.68. The average molecular weight is 847 g/mol. The summed E-state index contributed by atoms with van der Waals surface area (Å²) in [5.74, 6) is -5.46. The van der Waals surface area contributed by atoms with E-state index in [-0.39, 0.29) is 31.3 Å². The molecule has 13 nitrogen and oxygen atoms in total. The van der Waals surface area contributed by atoms with Gasteiger partial charge in [0.15, 0.2) is 6.10 Å². The first-order chi connectivity index (χ1) is 29.0. The Bertz CT molecular complexity index is 2350. The number of aliphatic hydroxyl groups is 1. The zero-order valence-corrected chi connectivity index (χ0v) is 36.1. The molecule has 2 aromatic carbocycles. The second-order valence-corrected chi connectivity index (χ2v) is 18.4. The summed E-state index contributed by atoms with van der Waals surface area (Å²) in [5, 5.41) is 14.1. The van der Waals surface area contributed by atoms with Crippen molar-refractivity contribution in [2.24, 2.45) is 17.3 Å². The number of hydrogen-bond donors (Lipinski definition) is 2. The van der Waals surface area contributed by atoms with Crippen molar-refractivity contribution in [3.05, 3.63) is 64.9 Å². The Morgan fingerprint density at radius 3 is 2.41 bits per heavy atom. The number of alkyl halides is 2. The number of methoxy groups -OCH3 is 4. The van der Waals surface area contributed by atoms with Crippen LogP contribution in [-0.4, -0.2) is 129 Å². The van der Waals surface area contributed by atoms with Gasteiger partial charge in [0.25, 0.3) is 0 Å². The molecule has 2 N–H and O–H groups in total. The molecule has 9 rings (SSSR count). The highest BCUT2D eigenvalue weighted by molar-refractivity contribution is 5.95. The minimum atomic E-state index is -2.96. The number of anilines is 1. The highest BCUT2D eigenvalue weighted by Gasteiger charge is 2.80. The Balaban J connectivity index is 1.36. The molecule has 6 heterocycles. The van der Waals surface area contributed by atoms with E-state index < -0.39 is 63.7 Å². The number of nitrogens with one attached hydrogen (secondary N) is 1. The highest BCUT2D eigenvalue weighted by atomic mass is 19.3. The second kappa shape index (κ2) is 14.1. The molecule has 15 heteroatoms. The van der Waals surface area contributed by atoms with Crippen molar-refractivity contribution >= 4 is 34.5 Å². The molecule has 61 heavy (non-hydrogen) atoms. The van der Waals surface area contributed by atoms with Crippen LogP contribution in [0.1, 0.15) is 68.8 Å². The summed E-state index contributed by atoms with van der Waals surface area (Å²) in [6, 6.07) is 8.13. The molecule has 5 aliphatic heterocycles. The summed E-state index contributed by atoms with van der Waals surface area (Å²) in [5.41, 5.74) is -1.97. The monoisotopic (exact) mass is 846 g/mol. The molecule has 1 aromatic heterocycles. The van der Waals surface area contributed by atoms with Crippen LogP contribution in [0.5, 0.6) is 11.5 Å². The number of carbonyl (C=O) groups excluding carboxylic acids is 3. The number of fused-ring (bicyclic) bond motifs is 6. The minimum absolute atomic E-state index is 0.124. The van der Waals surface area contributed by atoms with Gasteiger partial charge in [0, 0.05) is 96.9 Å². The van der Waals surface area contributed by atoms with Gasteiger partial charge < -0.3 is 38.7 Å². The zero-order chi connectivity index (χ0) is 43.6. The van der Waals surface area contributed by atoms with Crippen LogP contribution in [0.3, 0.4) is 0 Å². The fourth-order valence-corrected chi connectivity index (χ4v) is 13.4. The van der Waals surface area contributed by atoms with Gasteiger partial charge in [-0.3, -0.25) is 19.4 Å². The first-order valence-electron chi connectivity index (χ1n) is 21.2. The SMILES string of the molecule is CC[C@]12C=CCN3CC[C@@]4(c5cc([C@@]6(C(=O)OC)C[C@H]7CC(C(C)(F)F)CN(Cc8c6[nH]c6ccc(OC)cc86)C7)c(OC)cc5N(C)[C@H]4[C@@](O)(C(=O)OC)[C@@H]1OC(C)=O)[C@@H]32. The first-order valence-corrected chi connectivity index (χ1v) is 21.2. The number of piperidine rings is 1. The number of rotatable bonds is 8. The number of aromatic amines is 1. The molecule has 3 fully saturated rings. The Hall–Kier alpha value is -4.73. The molecule has 328 valence electrons. The topological polar surface area (TPSA) is 143 Å². The Morgan fingerprint density at radius 1 is 1.00 bits per heavy atom. The number of benzene rings is 2. The number of hydrogen-bond acceptors (Lipinski definition) is 12. The van der Waals surface area contributed by atoms with Gasteiger partial charge in [-0.15, -0.1) is 0 Å². The van der Waals surface area contributed by atoms with Crippen molar-refractivity contribution in [3.63, 3.8) is 0 Å². The van der Waals surface area contributed by atoms with E-state index in [1.165, 1.54) is 28.3 Å². The summed E-state index contributed by atoms with van der Waals surface area (Å²) in [6.45, 7) is 6.39. The molecular formula is C46H56F2N4O9. The number of carbonyl (C=O) groups is 3. The number of H-pyrrole nitrogens is 1. The Morgan fingerprint density at radius 2 is 1.75 bits per heavy atom. The van der Waals surface area contributed by atoms with Crippen LogP contribution >= 0.6 is 0 Å². The van der Waals surface area contributed by atoms with E-state index in [1.807, 2.05) is 61.4 Å². The second-order valence-electron chi connectivity index (χ2n) is 18.4. The molecule has 1 aliphatic carbocycles. The Labute approximate surface area is 354 Å². The maximum Gasteiger partial charge on any atom is 0.344 e. The molecule has 6 aliphatic rings. The smallest absolute Gasteiger partial charge is 0.344 e. The van der Waals surface area contributed by atoms with Crippen molar-refractivity contribution in [3.8, 4) is 11.5 Å². The number of halogens is 2. The molecule has 1 spiro atoms. The third-order valence-electron chi connectivity index (χ3n) is 15.6. The zero-order valence-electron chi connectivity index (χ0n) is 36.1. The van der Waals surface area contributed by atoms with Gasteiger partial charge in [-0.1, -0.05) is 19.1 Å². The molecule has 2 bridgehead atoms. The van der Waals surface area contributed by atoms with E-state index in [1.54, 1.807) is 7.11 Å². The molecule has 2 unspecified atom stereocenters. The summed E-state index contributed by atoms with van der Waals surface area (Å²) in [6.07, 6.45) is 3.94.